The van der Waals surface area contributed by atoms with Gasteiger partial charge in [-0.05, 0) is 49.6 Å². The summed E-state index contributed by atoms with van der Waals surface area (Å²) in [6.45, 7) is 2.86. The molecule has 0 bridgehead atoms. The van der Waals surface area contributed by atoms with Crippen LogP contribution in [0.5, 0.6) is 0 Å². The topological polar surface area (TPSA) is 75.2 Å². The highest BCUT2D eigenvalue weighted by Crippen LogP contribution is 2.26. The van der Waals surface area contributed by atoms with Crippen LogP contribution in [0.25, 0.3) is 10.9 Å². The van der Waals surface area contributed by atoms with E-state index in [1.54, 1.807) is 29.4 Å². The van der Waals surface area contributed by atoms with Gasteiger partial charge in [0.05, 0.1) is 17.0 Å². The van der Waals surface area contributed by atoms with E-state index in [2.05, 4.69) is 15.3 Å². The zero-order chi connectivity index (χ0) is 20.4. The quantitative estimate of drug-likeness (QED) is 0.708. The third-order valence-electron chi connectivity index (χ3n) is 5.23. The van der Waals surface area contributed by atoms with Crippen LogP contribution in [0.15, 0.2) is 48.8 Å². The van der Waals surface area contributed by atoms with Gasteiger partial charge >= 0.3 is 0 Å². The third-order valence-corrected chi connectivity index (χ3v) is 5.45. The van der Waals surface area contributed by atoms with E-state index in [0.29, 0.717) is 35.0 Å². The standard InChI is InChI=1S/C22H21ClN4O2/c1-14-5-2-9-25-20(14)26-21(28)16-7-4-10-27(13-16)22(29)18-12-17(23)11-15-6-3-8-24-19(15)18/h2-3,5-6,8-9,11-12,16H,4,7,10,13H2,1H3,(H,25,26,28). The Morgan fingerprint density at radius 3 is 2.79 bits per heavy atom. The number of nitrogens with zero attached hydrogens (tertiary/aromatic N) is 3. The van der Waals surface area contributed by atoms with Gasteiger partial charge in [-0.1, -0.05) is 23.7 Å². The van der Waals surface area contributed by atoms with Crippen molar-refractivity contribution in [2.75, 3.05) is 18.4 Å². The van der Waals surface area contributed by atoms with Gasteiger partial charge in [-0.15, -0.1) is 0 Å². The molecule has 3 aromatic rings. The molecule has 1 atom stereocenters. The van der Waals surface area contributed by atoms with Crippen molar-refractivity contribution in [3.63, 3.8) is 0 Å². The summed E-state index contributed by atoms with van der Waals surface area (Å²) in [5, 5.41) is 4.21. The molecule has 3 heterocycles. The lowest BCUT2D eigenvalue weighted by atomic mass is 9.96. The molecule has 2 amide bonds. The lowest BCUT2D eigenvalue weighted by Crippen LogP contribution is -2.44. The van der Waals surface area contributed by atoms with Crippen molar-refractivity contribution in [1.29, 1.82) is 0 Å². The predicted molar refractivity (Wildman–Crippen MR) is 113 cm³/mol. The molecule has 0 spiro atoms. The number of carbonyl (C=O) groups excluding carboxylic acids is 2. The highest BCUT2D eigenvalue weighted by atomic mass is 35.5. The smallest absolute Gasteiger partial charge is 0.256 e. The number of pyridine rings is 2. The van der Waals surface area contributed by atoms with Crippen LogP contribution in [-0.4, -0.2) is 39.8 Å². The van der Waals surface area contributed by atoms with E-state index in [1.807, 2.05) is 31.2 Å². The molecule has 29 heavy (non-hydrogen) atoms. The Bertz CT molecular complexity index is 1090. The summed E-state index contributed by atoms with van der Waals surface area (Å²) in [7, 11) is 0. The van der Waals surface area contributed by atoms with Gasteiger partial charge in [-0.2, -0.15) is 0 Å². The van der Waals surface area contributed by atoms with E-state index < -0.39 is 0 Å². The van der Waals surface area contributed by atoms with Crippen molar-refractivity contribution in [2.24, 2.45) is 5.92 Å². The van der Waals surface area contributed by atoms with Crippen LogP contribution in [0.1, 0.15) is 28.8 Å². The van der Waals surface area contributed by atoms with Gasteiger partial charge in [0, 0.05) is 35.9 Å². The van der Waals surface area contributed by atoms with Crippen molar-refractivity contribution in [2.45, 2.75) is 19.8 Å². The molecule has 1 N–H and O–H groups in total. The monoisotopic (exact) mass is 408 g/mol. The minimum atomic E-state index is -0.285. The fourth-order valence-corrected chi connectivity index (χ4v) is 3.93. The summed E-state index contributed by atoms with van der Waals surface area (Å²) in [4.78, 5) is 36.3. The first-order valence-corrected chi connectivity index (χ1v) is 9.97. The van der Waals surface area contributed by atoms with Crippen LogP contribution in [0, 0.1) is 12.8 Å². The highest BCUT2D eigenvalue weighted by Gasteiger charge is 2.30. The molecule has 1 unspecified atom stereocenters. The number of amides is 2. The zero-order valence-electron chi connectivity index (χ0n) is 16.1. The second-order valence-electron chi connectivity index (χ2n) is 7.28. The fraction of sp³-hybridized carbons (Fsp3) is 0.273. The van der Waals surface area contributed by atoms with Crippen molar-refractivity contribution >= 4 is 40.1 Å². The van der Waals surface area contributed by atoms with Crippen molar-refractivity contribution in [1.82, 2.24) is 14.9 Å². The number of rotatable bonds is 3. The molecule has 2 aromatic heterocycles. The number of anilines is 1. The Labute approximate surface area is 173 Å². The molecule has 7 heteroatoms. The van der Waals surface area contributed by atoms with Gasteiger partial charge in [0.1, 0.15) is 5.82 Å². The van der Waals surface area contributed by atoms with Crippen LogP contribution in [0.2, 0.25) is 5.02 Å². The van der Waals surface area contributed by atoms with Gasteiger partial charge < -0.3 is 10.2 Å². The van der Waals surface area contributed by atoms with E-state index in [1.165, 1.54) is 0 Å². The van der Waals surface area contributed by atoms with E-state index in [4.69, 9.17) is 11.6 Å². The lowest BCUT2D eigenvalue weighted by molar-refractivity contribution is -0.121. The summed E-state index contributed by atoms with van der Waals surface area (Å²) in [6, 6.07) is 10.9. The van der Waals surface area contributed by atoms with Gasteiger partial charge in [-0.25, -0.2) is 4.98 Å². The molecule has 1 saturated heterocycles. The Kier molecular flexibility index (Phi) is 5.45. The number of carbonyl (C=O) groups is 2. The number of hydrogen-bond donors (Lipinski definition) is 1. The average Bonchev–Trinajstić information content (AvgIpc) is 2.74. The zero-order valence-corrected chi connectivity index (χ0v) is 16.8. The predicted octanol–water partition coefficient (Wildman–Crippen LogP) is 4.08. The molecule has 0 aliphatic carbocycles. The van der Waals surface area contributed by atoms with Gasteiger partial charge in [-0.3, -0.25) is 14.6 Å². The summed E-state index contributed by atoms with van der Waals surface area (Å²) in [5.74, 6) is 0.0135. The molecule has 1 aliphatic rings. The SMILES string of the molecule is Cc1cccnc1NC(=O)C1CCCN(C(=O)c2cc(Cl)cc3cccnc23)C1. The molecule has 0 saturated carbocycles. The van der Waals surface area contributed by atoms with Crippen LogP contribution >= 0.6 is 11.6 Å². The Balaban J connectivity index is 1.54. The number of halogens is 1. The van der Waals surface area contributed by atoms with E-state index in [-0.39, 0.29) is 17.7 Å². The number of benzene rings is 1. The van der Waals surface area contributed by atoms with Crippen molar-refractivity contribution < 1.29 is 9.59 Å². The number of hydrogen-bond acceptors (Lipinski definition) is 4. The van der Waals surface area contributed by atoms with Crippen molar-refractivity contribution in [3.8, 4) is 0 Å². The highest BCUT2D eigenvalue weighted by molar-refractivity contribution is 6.32. The van der Waals surface area contributed by atoms with Crippen LogP contribution in [0.3, 0.4) is 0 Å². The largest absolute Gasteiger partial charge is 0.338 e. The van der Waals surface area contributed by atoms with E-state index in [9.17, 15) is 9.59 Å². The summed E-state index contributed by atoms with van der Waals surface area (Å²) in [5.41, 5.74) is 1.99. The van der Waals surface area contributed by atoms with Crippen molar-refractivity contribution in [3.05, 3.63) is 64.9 Å². The average molecular weight is 409 g/mol. The Hall–Kier alpha value is -2.99. The summed E-state index contributed by atoms with van der Waals surface area (Å²) >= 11 is 6.22. The maximum absolute atomic E-state index is 13.2. The maximum atomic E-state index is 13.2. The minimum Gasteiger partial charge on any atom is -0.338 e. The van der Waals surface area contributed by atoms with Crippen LogP contribution in [-0.2, 0) is 4.79 Å². The fourth-order valence-electron chi connectivity index (χ4n) is 3.70. The third kappa shape index (κ3) is 4.07. The molecular weight excluding hydrogens is 388 g/mol. The number of aryl methyl sites for hydroxylation is 1. The number of nitrogens with one attached hydrogen (secondary N) is 1. The molecule has 0 radical (unpaired) electrons. The molecule has 4 rings (SSSR count). The minimum absolute atomic E-state index is 0.113. The number of piperidine rings is 1. The maximum Gasteiger partial charge on any atom is 0.256 e. The lowest BCUT2D eigenvalue weighted by Gasteiger charge is -2.32. The van der Waals surface area contributed by atoms with E-state index >= 15 is 0 Å². The Morgan fingerprint density at radius 2 is 1.97 bits per heavy atom. The summed E-state index contributed by atoms with van der Waals surface area (Å²) in [6.07, 6.45) is 4.80. The molecular formula is C22H21ClN4O2. The summed E-state index contributed by atoms with van der Waals surface area (Å²) < 4.78 is 0. The number of likely N-dealkylation sites (tertiary alicyclic amines) is 1. The normalized spacial score (nSPS) is 16.6. The first-order valence-electron chi connectivity index (χ1n) is 9.59. The first kappa shape index (κ1) is 19.3. The second-order valence-corrected chi connectivity index (χ2v) is 7.71. The Morgan fingerprint density at radius 1 is 1.17 bits per heavy atom. The molecule has 1 fully saturated rings. The van der Waals surface area contributed by atoms with E-state index in [0.717, 1.165) is 23.8 Å². The molecule has 148 valence electrons. The molecule has 1 aliphatic heterocycles. The number of fused-ring (bicyclic) bond motifs is 1. The van der Waals surface area contributed by atoms with Crippen LogP contribution < -0.4 is 5.32 Å². The van der Waals surface area contributed by atoms with Crippen LogP contribution in [0.4, 0.5) is 5.82 Å². The first-order chi connectivity index (χ1) is 14.0. The number of aromatic nitrogens is 2. The second kappa shape index (κ2) is 8.17. The van der Waals surface area contributed by atoms with Gasteiger partial charge in [0.25, 0.3) is 5.91 Å². The van der Waals surface area contributed by atoms with Gasteiger partial charge in [0.2, 0.25) is 5.91 Å². The molecule has 6 nitrogen and oxygen atoms in total. The van der Waals surface area contributed by atoms with Gasteiger partial charge in [0.15, 0.2) is 0 Å². The molecule has 1 aromatic carbocycles.